The molecule has 1 aliphatic heterocycles. The van der Waals surface area contributed by atoms with Crippen molar-refractivity contribution in [1.82, 2.24) is 0 Å². The fraction of sp³-hybridized carbons (Fsp3) is 0.138. The van der Waals surface area contributed by atoms with E-state index in [2.05, 4.69) is 25.1 Å². The lowest BCUT2D eigenvalue weighted by atomic mass is 9.97. The van der Waals surface area contributed by atoms with Gasteiger partial charge in [-0.3, -0.25) is 5.01 Å². The topological polar surface area (TPSA) is 85.0 Å². The summed E-state index contributed by atoms with van der Waals surface area (Å²) in [5.74, 6) is 0.798. The Bertz CT molecular complexity index is 1480. The van der Waals surface area contributed by atoms with Gasteiger partial charge in [0.1, 0.15) is 12.4 Å². The van der Waals surface area contributed by atoms with Gasteiger partial charge in [0.05, 0.1) is 22.3 Å². The second kappa shape index (κ2) is 9.97. The maximum atomic E-state index is 11.7. The summed E-state index contributed by atoms with van der Waals surface area (Å²) in [4.78, 5) is 0.0767. The second-order valence-corrected chi connectivity index (χ2v) is 10.4. The molecule has 7 heteroatoms. The highest BCUT2D eigenvalue weighted by Gasteiger charge is 2.30. The molecule has 0 bridgehead atoms. The van der Waals surface area contributed by atoms with Crippen LogP contribution < -0.4 is 14.9 Å². The Kier molecular flexibility index (Phi) is 6.59. The molecule has 4 aromatic rings. The summed E-state index contributed by atoms with van der Waals surface area (Å²) in [6.45, 7) is 2.58. The molecule has 6 nitrogen and oxygen atoms in total. The maximum Gasteiger partial charge on any atom is 0.238 e. The molecule has 1 unspecified atom stereocenters. The van der Waals surface area contributed by atoms with Crippen molar-refractivity contribution in [2.24, 2.45) is 10.2 Å². The summed E-state index contributed by atoms with van der Waals surface area (Å²) >= 11 is 0. The zero-order chi connectivity index (χ0) is 25.1. The highest BCUT2D eigenvalue weighted by Crippen LogP contribution is 2.37. The van der Waals surface area contributed by atoms with Gasteiger partial charge in [-0.15, -0.1) is 0 Å². The molecule has 0 saturated heterocycles. The first kappa shape index (κ1) is 23.8. The van der Waals surface area contributed by atoms with Crippen LogP contribution in [0.1, 0.15) is 34.7 Å². The fourth-order valence-corrected chi connectivity index (χ4v) is 4.85. The van der Waals surface area contributed by atoms with E-state index in [9.17, 15) is 8.42 Å². The lowest BCUT2D eigenvalue weighted by Gasteiger charge is -2.24. The molecule has 2 N–H and O–H groups in total. The van der Waals surface area contributed by atoms with Crippen LogP contribution >= 0.6 is 0 Å². The molecular weight excluding hydrogens is 470 g/mol. The minimum absolute atomic E-state index is 0.0192. The van der Waals surface area contributed by atoms with Crippen molar-refractivity contribution >= 4 is 21.4 Å². The molecule has 36 heavy (non-hydrogen) atoms. The molecule has 0 radical (unpaired) electrons. The van der Waals surface area contributed by atoms with E-state index in [1.165, 1.54) is 17.7 Å². The van der Waals surface area contributed by atoms with E-state index in [1.807, 2.05) is 65.7 Å². The lowest BCUT2D eigenvalue weighted by Crippen LogP contribution is -2.19. The fourth-order valence-electron chi connectivity index (χ4n) is 4.33. The number of ether oxygens (including phenoxy) is 1. The Morgan fingerprint density at radius 1 is 0.917 bits per heavy atom. The zero-order valence-corrected chi connectivity index (χ0v) is 20.7. The Balaban J connectivity index is 1.41. The van der Waals surface area contributed by atoms with Crippen molar-refractivity contribution in [1.29, 1.82) is 0 Å². The zero-order valence-electron chi connectivity index (χ0n) is 19.9. The molecule has 5 rings (SSSR count). The van der Waals surface area contributed by atoms with Crippen molar-refractivity contribution in [3.8, 4) is 5.75 Å². The van der Waals surface area contributed by atoms with E-state index in [1.54, 1.807) is 12.1 Å². The van der Waals surface area contributed by atoms with E-state index >= 15 is 0 Å². The van der Waals surface area contributed by atoms with Crippen LogP contribution in [0.15, 0.2) is 113 Å². The molecule has 0 amide bonds. The maximum absolute atomic E-state index is 11.7. The summed E-state index contributed by atoms with van der Waals surface area (Å²) in [7, 11) is -3.76. The first-order chi connectivity index (χ1) is 17.4. The minimum Gasteiger partial charge on any atom is -0.489 e. The highest BCUT2D eigenvalue weighted by atomic mass is 32.2. The molecule has 4 aromatic carbocycles. The van der Waals surface area contributed by atoms with Crippen LogP contribution in [0.3, 0.4) is 0 Å². The third-order valence-corrected chi connectivity index (χ3v) is 7.13. The number of hydrogen-bond acceptors (Lipinski definition) is 5. The summed E-state index contributed by atoms with van der Waals surface area (Å²) in [5.41, 5.74) is 6.20. The van der Waals surface area contributed by atoms with E-state index in [0.29, 0.717) is 13.0 Å². The minimum atomic E-state index is -3.76. The standard InChI is InChI=1S/C29H27N3O3S/c1-21-6-5-9-24(18-21)29-19-28(31-32(29)25-12-16-27(17-13-25)36(30,33)34)23-10-14-26(15-11-23)35-20-22-7-3-2-4-8-22/h2-18,29H,19-20H2,1H3,(H2,30,33,34). The van der Waals surface area contributed by atoms with Crippen molar-refractivity contribution in [3.63, 3.8) is 0 Å². The number of benzene rings is 4. The lowest BCUT2D eigenvalue weighted by molar-refractivity contribution is 0.306. The van der Waals surface area contributed by atoms with Gasteiger partial charge in [0.2, 0.25) is 10.0 Å². The number of rotatable bonds is 7. The third-order valence-electron chi connectivity index (χ3n) is 6.20. The molecule has 0 fully saturated rings. The summed E-state index contributed by atoms with van der Waals surface area (Å²) in [5, 5.41) is 12.2. The van der Waals surface area contributed by atoms with Crippen LogP contribution in [0.25, 0.3) is 0 Å². The summed E-state index contributed by atoms with van der Waals surface area (Å²) < 4.78 is 29.3. The Labute approximate surface area is 211 Å². The molecule has 1 heterocycles. The monoisotopic (exact) mass is 497 g/mol. The van der Waals surface area contributed by atoms with Crippen LogP contribution in [-0.4, -0.2) is 14.1 Å². The van der Waals surface area contributed by atoms with Gasteiger partial charge in [-0.2, -0.15) is 5.10 Å². The quantitative estimate of drug-likeness (QED) is 0.361. The molecule has 1 atom stereocenters. The largest absolute Gasteiger partial charge is 0.489 e. The van der Waals surface area contributed by atoms with Gasteiger partial charge in [0.15, 0.2) is 0 Å². The number of anilines is 1. The smallest absolute Gasteiger partial charge is 0.238 e. The number of sulfonamides is 1. The number of nitrogens with zero attached hydrogens (tertiary/aromatic N) is 2. The molecule has 182 valence electrons. The third kappa shape index (κ3) is 5.32. The second-order valence-electron chi connectivity index (χ2n) is 8.86. The van der Waals surface area contributed by atoms with Crippen molar-refractivity contribution in [3.05, 3.63) is 125 Å². The number of primary sulfonamides is 1. The summed E-state index contributed by atoms with van der Waals surface area (Å²) in [6.07, 6.45) is 0.713. The normalized spacial score (nSPS) is 15.6. The van der Waals surface area contributed by atoms with E-state index < -0.39 is 10.0 Å². The molecule has 0 aliphatic carbocycles. The van der Waals surface area contributed by atoms with Gasteiger partial charge in [0.25, 0.3) is 0 Å². The average Bonchev–Trinajstić information content (AvgIpc) is 3.34. The van der Waals surface area contributed by atoms with Crippen LogP contribution in [0, 0.1) is 6.92 Å². The average molecular weight is 498 g/mol. The molecule has 0 saturated carbocycles. The van der Waals surface area contributed by atoms with E-state index in [0.717, 1.165) is 33.8 Å². The van der Waals surface area contributed by atoms with Crippen LogP contribution in [0.2, 0.25) is 0 Å². The predicted octanol–water partition coefficient (Wildman–Crippen LogP) is 5.58. The van der Waals surface area contributed by atoms with E-state index in [4.69, 9.17) is 15.0 Å². The summed E-state index contributed by atoms with van der Waals surface area (Å²) in [6, 6.07) is 32.9. The van der Waals surface area contributed by atoms with Crippen molar-refractivity contribution < 1.29 is 13.2 Å². The first-order valence-electron chi connectivity index (χ1n) is 11.7. The van der Waals surface area contributed by atoms with E-state index in [-0.39, 0.29) is 10.9 Å². The number of hydrogen-bond donors (Lipinski definition) is 1. The van der Waals surface area contributed by atoms with Gasteiger partial charge in [-0.25, -0.2) is 13.6 Å². The van der Waals surface area contributed by atoms with Crippen LogP contribution in [-0.2, 0) is 16.6 Å². The molecular formula is C29H27N3O3S. The van der Waals surface area contributed by atoms with Gasteiger partial charge in [-0.05, 0) is 72.1 Å². The SMILES string of the molecule is Cc1cccc(C2CC(c3ccc(OCc4ccccc4)cc3)=NN2c2ccc(S(N)(=O)=O)cc2)c1. The van der Waals surface area contributed by atoms with Crippen LogP contribution in [0.5, 0.6) is 5.75 Å². The molecule has 0 aromatic heterocycles. The number of hydrazone groups is 1. The first-order valence-corrected chi connectivity index (χ1v) is 13.2. The number of aryl methyl sites for hydroxylation is 1. The van der Waals surface area contributed by atoms with Crippen molar-refractivity contribution in [2.45, 2.75) is 30.9 Å². The van der Waals surface area contributed by atoms with Crippen molar-refractivity contribution in [2.75, 3.05) is 5.01 Å². The molecule has 1 aliphatic rings. The Hall–Kier alpha value is -3.94. The van der Waals surface area contributed by atoms with Crippen LogP contribution in [0.4, 0.5) is 5.69 Å². The molecule has 0 spiro atoms. The van der Waals surface area contributed by atoms with Gasteiger partial charge >= 0.3 is 0 Å². The Morgan fingerprint density at radius 2 is 1.64 bits per heavy atom. The number of nitrogens with two attached hydrogens (primary N) is 1. The van der Waals surface area contributed by atoms with Gasteiger partial charge in [0, 0.05) is 6.42 Å². The Morgan fingerprint density at radius 3 is 2.31 bits per heavy atom. The van der Waals surface area contributed by atoms with Gasteiger partial charge in [-0.1, -0.05) is 60.2 Å². The highest BCUT2D eigenvalue weighted by molar-refractivity contribution is 7.89. The predicted molar refractivity (Wildman–Crippen MR) is 143 cm³/mol. The van der Waals surface area contributed by atoms with Gasteiger partial charge < -0.3 is 4.74 Å².